The molecule has 0 amide bonds. The topological polar surface area (TPSA) is 62.3 Å². The van der Waals surface area contributed by atoms with Crippen LogP contribution in [0.4, 0.5) is 4.39 Å². The number of alkyl halides is 1. The number of aliphatic hydroxyl groups is 1. The molecule has 1 aromatic carbocycles. The van der Waals surface area contributed by atoms with E-state index in [-0.39, 0.29) is 36.0 Å². The van der Waals surface area contributed by atoms with Gasteiger partial charge in [-0.2, -0.15) is 0 Å². The van der Waals surface area contributed by atoms with Gasteiger partial charge in [0.1, 0.15) is 18.3 Å². The first-order chi connectivity index (χ1) is 11.0. The maximum Gasteiger partial charge on any atom is 0.351 e. The standard InChI is InChI=1S/C17H20FNO4/c1-19-12-7-11(8-13(19)15-14(12)23-15)22-16(21)17(18,9-20)10-5-3-2-4-6-10/h2-6,11-15,20H,7-9H2,1H3/t11?,12-,13+,14-,15+,17-/m0/s1. The summed E-state index contributed by atoms with van der Waals surface area (Å²) in [7, 11) is 2.06. The lowest BCUT2D eigenvalue weighted by Gasteiger charge is -2.38. The van der Waals surface area contributed by atoms with Crippen molar-refractivity contribution in [1.82, 2.24) is 4.90 Å². The number of likely N-dealkylation sites (N-methyl/N-ethyl adjacent to an activating group) is 1. The molecule has 0 aromatic heterocycles. The van der Waals surface area contributed by atoms with E-state index >= 15 is 4.39 Å². The summed E-state index contributed by atoms with van der Waals surface area (Å²) in [6.45, 7) is -0.927. The van der Waals surface area contributed by atoms with E-state index in [4.69, 9.17) is 9.47 Å². The first-order valence-corrected chi connectivity index (χ1v) is 7.98. The molecule has 1 N–H and O–H groups in total. The Labute approximate surface area is 134 Å². The third-order valence-electron chi connectivity index (χ3n) is 5.42. The first-order valence-electron chi connectivity index (χ1n) is 7.98. The van der Waals surface area contributed by atoms with Gasteiger partial charge in [-0.3, -0.25) is 4.90 Å². The van der Waals surface area contributed by atoms with Gasteiger partial charge in [-0.25, -0.2) is 9.18 Å². The first kappa shape index (κ1) is 15.1. The number of hydrogen-bond acceptors (Lipinski definition) is 5. The number of halogens is 1. The maximum atomic E-state index is 15.0. The number of carbonyl (C=O) groups is 1. The van der Waals surface area contributed by atoms with E-state index in [1.165, 1.54) is 12.1 Å². The molecule has 0 aliphatic carbocycles. The highest BCUT2D eigenvalue weighted by molar-refractivity contribution is 5.81. The molecule has 5 nitrogen and oxygen atoms in total. The average molecular weight is 321 g/mol. The Morgan fingerprint density at radius 2 is 1.96 bits per heavy atom. The van der Waals surface area contributed by atoms with Crippen LogP contribution < -0.4 is 0 Å². The second-order valence-corrected chi connectivity index (χ2v) is 6.69. The third kappa shape index (κ3) is 2.28. The fourth-order valence-electron chi connectivity index (χ4n) is 4.02. The monoisotopic (exact) mass is 321 g/mol. The molecule has 1 unspecified atom stereocenters. The van der Waals surface area contributed by atoms with E-state index in [0.717, 1.165) is 0 Å². The number of morpholine rings is 1. The highest BCUT2D eigenvalue weighted by Crippen LogP contribution is 2.48. The van der Waals surface area contributed by atoms with Crippen LogP contribution in [-0.4, -0.2) is 60.0 Å². The highest BCUT2D eigenvalue weighted by atomic mass is 19.1. The van der Waals surface area contributed by atoms with Crippen LogP contribution >= 0.6 is 0 Å². The van der Waals surface area contributed by atoms with Crippen LogP contribution in [0.5, 0.6) is 0 Å². The minimum atomic E-state index is -2.51. The maximum absolute atomic E-state index is 15.0. The molecule has 1 aromatic rings. The van der Waals surface area contributed by atoms with E-state index in [9.17, 15) is 9.90 Å². The molecule has 6 atom stereocenters. The number of epoxide rings is 1. The Morgan fingerprint density at radius 1 is 1.35 bits per heavy atom. The average Bonchev–Trinajstić information content (AvgIpc) is 3.33. The number of benzene rings is 1. The molecule has 3 heterocycles. The summed E-state index contributed by atoms with van der Waals surface area (Å²) >= 11 is 0. The van der Waals surface area contributed by atoms with Gasteiger partial charge in [-0.05, 0) is 7.05 Å². The van der Waals surface area contributed by atoms with Crippen LogP contribution in [0.3, 0.4) is 0 Å². The molecule has 4 rings (SSSR count). The summed E-state index contributed by atoms with van der Waals surface area (Å²) in [5, 5.41) is 9.44. The lowest BCUT2D eigenvalue weighted by Crippen LogP contribution is -2.49. The van der Waals surface area contributed by atoms with Crippen molar-refractivity contribution < 1.29 is 23.8 Å². The molecule has 3 fully saturated rings. The van der Waals surface area contributed by atoms with Crippen molar-refractivity contribution in [2.45, 2.75) is 48.9 Å². The molecular weight excluding hydrogens is 301 g/mol. The Bertz CT molecular complexity index is 594. The molecule has 0 saturated carbocycles. The fourth-order valence-corrected chi connectivity index (χ4v) is 4.02. The van der Waals surface area contributed by atoms with Gasteiger partial charge in [0.15, 0.2) is 0 Å². The molecule has 3 aliphatic rings. The number of carbonyl (C=O) groups excluding carboxylic acids is 1. The number of aliphatic hydroxyl groups excluding tert-OH is 1. The summed E-state index contributed by atoms with van der Waals surface area (Å²) in [5.41, 5.74) is -2.39. The number of rotatable bonds is 4. The smallest absolute Gasteiger partial charge is 0.351 e. The number of piperidine rings is 1. The van der Waals surface area contributed by atoms with Crippen molar-refractivity contribution in [2.24, 2.45) is 0 Å². The zero-order valence-corrected chi connectivity index (χ0v) is 12.9. The summed E-state index contributed by atoms with van der Waals surface area (Å²) in [6.07, 6.45) is 1.44. The van der Waals surface area contributed by atoms with Gasteiger partial charge in [0.2, 0.25) is 0 Å². The number of fused-ring (bicyclic) bond motifs is 5. The minimum absolute atomic E-state index is 0.120. The van der Waals surface area contributed by atoms with E-state index < -0.39 is 18.2 Å². The van der Waals surface area contributed by atoms with Gasteiger partial charge in [-0.15, -0.1) is 0 Å². The highest BCUT2D eigenvalue weighted by Gasteiger charge is 2.63. The molecule has 0 spiro atoms. The lowest BCUT2D eigenvalue weighted by molar-refractivity contribution is -0.171. The quantitative estimate of drug-likeness (QED) is 0.662. The van der Waals surface area contributed by atoms with Crippen LogP contribution in [-0.2, 0) is 19.9 Å². The van der Waals surface area contributed by atoms with Crippen molar-refractivity contribution in [1.29, 1.82) is 0 Å². The van der Waals surface area contributed by atoms with Gasteiger partial charge in [-0.1, -0.05) is 30.3 Å². The van der Waals surface area contributed by atoms with Gasteiger partial charge in [0, 0.05) is 30.5 Å². The fraction of sp³-hybridized carbons (Fsp3) is 0.588. The van der Waals surface area contributed by atoms with Gasteiger partial charge >= 0.3 is 5.97 Å². The van der Waals surface area contributed by atoms with E-state index in [0.29, 0.717) is 12.8 Å². The number of esters is 1. The molecular formula is C17H20FNO4. The summed E-state index contributed by atoms with van der Waals surface area (Å²) in [5.74, 6) is -1.00. The molecule has 3 aliphatic heterocycles. The zero-order valence-electron chi connectivity index (χ0n) is 12.9. The molecule has 6 heteroatoms. The Hall–Kier alpha value is -1.50. The minimum Gasteiger partial charge on any atom is -0.460 e. The van der Waals surface area contributed by atoms with E-state index in [1.807, 2.05) is 0 Å². The van der Waals surface area contributed by atoms with Gasteiger partial charge in [0.05, 0.1) is 6.61 Å². The Balaban J connectivity index is 1.47. The van der Waals surface area contributed by atoms with Gasteiger partial charge < -0.3 is 14.6 Å². The Kier molecular flexibility index (Phi) is 3.44. The van der Waals surface area contributed by atoms with Crippen LogP contribution in [0.2, 0.25) is 0 Å². The van der Waals surface area contributed by atoms with Crippen molar-refractivity contribution in [2.75, 3.05) is 13.7 Å². The predicted octanol–water partition coefficient (Wildman–Crippen LogP) is 0.999. The Morgan fingerprint density at radius 3 is 2.52 bits per heavy atom. The summed E-state index contributed by atoms with van der Waals surface area (Å²) in [4.78, 5) is 14.6. The normalized spacial score (nSPS) is 37.8. The zero-order chi connectivity index (χ0) is 16.2. The number of nitrogens with zero attached hydrogens (tertiary/aromatic N) is 1. The van der Waals surface area contributed by atoms with Gasteiger partial charge in [0.25, 0.3) is 5.67 Å². The second kappa shape index (κ2) is 5.26. The van der Waals surface area contributed by atoms with Crippen LogP contribution in [0.15, 0.2) is 30.3 Å². The molecule has 0 radical (unpaired) electrons. The molecule has 2 bridgehead atoms. The predicted molar refractivity (Wildman–Crippen MR) is 79.4 cm³/mol. The molecule has 3 saturated heterocycles. The third-order valence-corrected chi connectivity index (χ3v) is 5.42. The molecule has 124 valence electrons. The lowest BCUT2D eigenvalue weighted by atomic mass is 9.95. The summed E-state index contributed by atoms with van der Waals surface area (Å²) in [6, 6.07) is 8.43. The summed E-state index contributed by atoms with van der Waals surface area (Å²) < 4.78 is 26.1. The van der Waals surface area contributed by atoms with E-state index in [1.54, 1.807) is 18.2 Å². The number of hydrogen-bond donors (Lipinski definition) is 1. The number of ether oxygens (including phenoxy) is 2. The van der Waals surface area contributed by atoms with Crippen LogP contribution in [0, 0.1) is 0 Å². The van der Waals surface area contributed by atoms with E-state index in [2.05, 4.69) is 11.9 Å². The second-order valence-electron chi connectivity index (χ2n) is 6.69. The van der Waals surface area contributed by atoms with Crippen molar-refractivity contribution in [3.8, 4) is 0 Å². The van der Waals surface area contributed by atoms with Crippen LogP contribution in [0.1, 0.15) is 18.4 Å². The van der Waals surface area contributed by atoms with Crippen LogP contribution in [0.25, 0.3) is 0 Å². The SMILES string of the molecule is CN1[C@@H]2CC(OC(=O)[C@](F)(CO)c3ccccc3)C[C@H]1[C@@H]1O[C@@H]12. The largest absolute Gasteiger partial charge is 0.460 e. The molecule has 23 heavy (non-hydrogen) atoms. The van der Waals surface area contributed by atoms with Crippen molar-refractivity contribution in [3.63, 3.8) is 0 Å². The van der Waals surface area contributed by atoms with Crippen molar-refractivity contribution >= 4 is 5.97 Å². The van der Waals surface area contributed by atoms with Crippen molar-refractivity contribution in [3.05, 3.63) is 35.9 Å².